The van der Waals surface area contributed by atoms with Crippen molar-refractivity contribution in [1.82, 2.24) is 19.8 Å². The predicted molar refractivity (Wildman–Crippen MR) is 138 cm³/mol. The Morgan fingerprint density at radius 3 is 2.67 bits per heavy atom. The predicted octanol–water partition coefficient (Wildman–Crippen LogP) is 6.03. The van der Waals surface area contributed by atoms with E-state index in [1.54, 1.807) is 24.3 Å². The highest BCUT2D eigenvalue weighted by Crippen LogP contribution is 2.36. The average molecular weight is 552 g/mol. The van der Waals surface area contributed by atoms with Crippen LogP contribution in [0.4, 0.5) is 26.7 Å². The lowest BCUT2D eigenvalue weighted by atomic mass is 10.0. The summed E-state index contributed by atoms with van der Waals surface area (Å²) < 4.78 is 69.4. The van der Waals surface area contributed by atoms with E-state index >= 15 is 0 Å². The number of carbonyl (C=O) groups excluding carboxylic acids is 1. The van der Waals surface area contributed by atoms with Crippen LogP contribution >= 0.6 is 0 Å². The summed E-state index contributed by atoms with van der Waals surface area (Å²) in [6, 6.07) is 11.6. The van der Waals surface area contributed by atoms with Gasteiger partial charge in [0.1, 0.15) is 11.9 Å². The zero-order valence-electron chi connectivity index (χ0n) is 21.0. The minimum absolute atomic E-state index is 0.0141. The summed E-state index contributed by atoms with van der Waals surface area (Å²) in [7, 11) is 0. The number of nitriles is 1. The second-order valence-corrected chi connectivity index (χ2v) is 9.37. The van der Waals surface area contributed by atoms with Gasteiger partial charge in [0.2, 0.25) is 5.95 Å². The largest absolute Gasteiger partial charge is 0.416 e. The van der Waals surface area contributed by atoms with Crippen molar-refractivity contribution in [3.05, 3.63) is 106 Å². The van der Waals surface area contributed by atoms with E-state index in [4.69, 9.17) is 5.26 Å². The van der Waals surface area contributed by atoms with E-state index in [0.717, 1.165) is 12.1 Å². The number of pyridine rings is 1. The highest BCUT2D eigenvalue weighted by atomic mass is 19.4. The van der Waals surface area contributed by atoms with Gasteiger partial charge >= 0.3 is 12.2 Å². The third-order valence-electron chi connectivity index (χ3n) is 6.78. The highest BCUT2D eigenvalue weighted by molar-refractivity contribution is 5.96. The number of hydrogen-bond acceptors (Lipinski definition) is 4. The molecule has 0 fully saturated rings. The Labute approximate surface area is 226 Å². The lowest BCUT2D eigenvalue weighted by Gasteiger charge is -2.27. The van der Waals surface area contributed by atoms with Crippen LogP contribution in [0.15, 0.2) is 60.8 Å². The number of benzene rings is 2. The molecule has 3 heterocycles. The van der Waals surface area contributed by atoms with Gasteiger partial charge in [-0.3, -0.25) is 9.47 Å². The minimum Gasteiger partial charge on any atom is -0.333 e. The van der Waals surface area contributed by atoms with Crippen LogP contribution in [0.25, 0.3) is 17.0 Å². The van der Waals surface area contributed by atoms with Crippen LogP contribution in [0, 0.1) is 23.1 Å². The summed E-state index contributed by atoms with van der Waals surface area (Å²) in [6.07, 6.45) is 0.655. The smallest absolute Gasteiger partial charge is 0.333 e. The number of nitrogens with one attached hydrogen (secondary N) is 1. The number of halogens is 5. The van der Waals surface area contributed by atoms with Crippen molar-refractivity contribution in [2.75, 3.05) is 13.1 Å². The maximum Gasteiger partial charge on any atom is 0.416 e. The van der Waals surface area contributed by atoms with Gasteiger partial charge < -0.3 is 5.32 Å². The summed E-state index contributed by atoms with van der Waals surface area (Å²) in [5.41, 5.74) is 1.79. The third-order valence-corrected chi connectivity index (χ3v) is 6.78. The molecule has 0 saturated carbocycles. The van der Waals surface area contributed by atoms with E-state index in [0.29, 0.717) is 59.3 Å². The van der Waals surface area contributed by atoms with Gasteiger partial charge in [-0.05, 0) is 59.2 Å². The molecule has 1 aliphatic rings. The molecule has 0 radical (unpaired) electrons. The second kappa shape index (κ2) is 10.9. The van der Waals surface area contributed by atoms with Gasteiger partial charge in [0.25, 0.3) is 0 Å². The fraction of sp³-hybridized carbons (Fsp3) is 0.207. The summed E-state index contributed by atoms with van der Waals surface area (Å²) >= 11 is 0. The number of alkyl halides is 3. The molecular weight excluding hydrogens is 529 g/mol. The zero-order valence-corrected chi connectivity index (χ0v) is 21.0. The van der Waals surface area contributed by atoms with Crippen LogP contribution in [0.2, 0.25) is 0 Å². The first-order chi connectivity index (χ1) is 19.1. The van der Waals surface area contributed by atoms with Gasteiger partial charge in [-0.1, -0.05) is 18.2 Å². The molecule has 11 heteroatoms. The Morgan fingerprint density at radius 1 is 1.12 bits per heavy atom. The molecule has 1 aliphatic heterocycles. The molecule has 0 atom stereocenters. The van der Waals surface area contributed by atoms with E-state index < -0.39 is 29.5 Å². The fourth-order valence-electron chi connectivity index (χ4n) is 4.85. The molecule has 2 aromatic heterocycles. The van der Waals surface area contributed by atoms with E-state index in [9.17, 15) is 26.7 Å². The van der Waals surface area contributed by atoms with E-state index in [-0.39, 0.29) is 12.1 Å². The monoisotopic (exact) mass is 551 g/mol. The van der Waals surface area contributed by atoms with Crippen molar-refractivity contribution in [2.24, 2.45) is 0 Å². The number of hydrogen-bond donors (Lipinski definition) is 1. The fourth-order valence-corrected chi connectivity index (χ4v) is 4.85. The first-order valence-corrected chi connectivity index (χ1v) is 12.3. The number of carbonyl (C=O) groups is 1. The van der Waals surface area contributed by atoms with Gasteiger partial charge in [0, 0.05) is 49.9 Å². The van der Waals surface area contributed by atoms with Gasteiger partial charge in [-0.15, -0.1) is 0 Å². The molecule has 40 heavy (non-hydrogen) atoms. The molecule has 0 spiro atoms. The van der Waals surface area contributed by atoms with Crippen molar-refractivity contribution in [1.29, 1.82) is 5.26 Å². The number of fused-ring (bicyclic) bond motifs is 3. The summed E-state index contributed by atoms with van der Waals surface area (Å²) in [5, 5.41) is 11.9. The van der Waals surface area contributed by atoms with Crippen molar-refractivity contribution in [3.63, 3.8) is 0 Å². The van der Waals surface area contributed by atoms with Gasteiger partial charge in [-0.25, -0.2) is 14.2 Å². The van der Waals surface area contributed by atoms with Crippen LogP contribution in [-0.4, -0.2) is 33.6 Å². The molecule has 4 aromatic rings. The Morgan fingerprint density at radius 2 is 1.95 bits per heavy atom. The SMILES string of the molecule is N#Cc1ccc(/C=C/CN2CCc3c(c4cc(C(F)(F)F)ccc4n3C(=O)NCc3ccnc(F)c3)C2)cc1F. The summed E-state index contributed by atoms with van der Waals surface area (Å²) in [5.74, 6) is -1.30. The van der Waals surface area contributed by atoms with Crippen molar-refractivity contribution >= 4 is 23.0 Å². The molecule has 5 rings (SSSR count). The van der Waals surface area contributed by atoms with Crippen molar-refractivity contribution in [3.8, 4) is 6.07 Å². The molecule has 204 valence electrons. The maximum atomic E-state index is 13.9. The van der Waals surface area contributed by atoms with E-state index in [1.807, 2.05) is 11.0 Å². The maximum absolute atomic E-state index is 13.9. The molecule has 0 unspecified atom stereocenters. The van der Waals surface area contributed by atoms with Crippen LogP contribution in [0.3, 0.4) is 0 Å². The van der Waals surface area contributed by atoms with Crippen LogP contribution in [0.5, 0.6) is 0 Å². The molecule has 2 aromatic carbocycles. The van der Waals surface area contributed by atoms with Crippen LogP contribution < -0.4 is 5.32 Å². The zero-order chi connectivity index (χ0) is 28.4. The van der Waals surface area contributed by atoms with Crippen LogP contribution in [-0.2, 0) is 25.7 Å². The Kier molecular flexibility index (Phi) is 7.36. The third kappa shape index (κ3) is 5.58. The Bertz CT molecular complexity index is 1670. The second-order valence-electron chi connectivity index (χ2n) is 9.37. The lowest BCUT2D eigenvalue weighted by molar-refractivity contribution is -0.137. The highest BCUT2D eigenvalue weighted by Gasteiger charge is 2.33. The Hall–Kier alpha value is -4.56. The quantitative estimate of drug-likeness (QED) is 0.243. The molecule has 0 aliphatic carbocycles. The first-order valence-electron chi connectivity index (χ1n) is 12.3. The van der Waals surface area contributed by atoms with E-state index in [1.165, 1.54) is 35.0 Å². The number of amides is 1. The van der Waals surface area contributed by atoms with Crippen molar-refractivity contribution in [2.45, 2.75) is 25.7 Å². The first kappa shape index (κ1) is 27.0. The standard InChI is InChI=1S/C29H22F5N5O/c30-24-12-18(3-4-20(24)15-35)2-1-10-38-11-8-26-23(17-38)22-14-21(29(32,33)34)5-6-25(22)39(26)28(40)37-16-19-7-9-36-27(31)13-19/h1-7,9,12-14H,8,10-11,16-17H2,(H,37,40)/b2-1+. The molecule has 6 nitrogen and oxygen atoms in total. The van der Waals surface area contributed by atoms with Crippen LogP contribution in [0.1, 0.15) is 33.5 Å². The minimum atomic E-state index is -4.55. The lowest BCUT2D eigenvalue weighted by Crippen LogP contribution is -2.34. The molecule has 1 N–H and O–H groups in total. The Balaban J connectivity index is 1.41. The molecule has 1 amide bonds. The van der Waals surface area contributed by atoms with Gasteiger partial charge in [-0.2, -0.15) is 22.8 Å². The van der Waals surface area contributed by atoms with Crippen molar-refractivity contribution < 1.29 is 26.7 Å². The summed E-state index contributed by atoms with van der Waals surface area (Å²) in [6.45, 7) is 1.28. The average Bonchev–Trinajstić information content (AvgIpc) is 3.25. The summed E-state index contributed by atoms with van der Waals surface area (Å²) in [4.78, 5) is 18.8. The number of rotatable bonds is 5. The topological polar surface area (TPSA) is 74.0 Å². The van der Waals surface area contributed by atoms with Gasteiger partial charge in [0.15, 0.2) is 0 Å². The molecular formula is C29H22F5N5O. The molecule has 0 bridgehead atoms. The number of nitrogens with zero attached hydrogens (tertiary/aromatic N) is 4. The normalized spacial score (nSPS) is 13.9. The van der Waals surface area contributed by atoms with Gasteiger partial charge in [0.05, 0.1) is 16.6 Å². The molecule has 0 saturated heterocycles. The number of aromatic nitrogens is 2. The van der Waals surface area contributed by atoms with E-state index in [2.05, 4.69) is 10.3 Å².